The van der Waals surface area contributed by atoms with Crippen molar-refractivity contribution in [3.05, 3.63) is 95.7 Å². The quantitative estimate of drug-likeness (QED) is 0.195. The Hall–Kier alpha value is -5.33. The van der Waals surface area contributed by atoms with Crippen LogP contribution < -0.4 is 21.7 Å². The van der Waals surface area contributed by atoms with E-state index in [0.29, 0.717) is 30.9 Å². The Morgan fingerprint density at radius 1 is 1.07 bits per heavy atom. The van der Waals surface area contributed by atoms with Crippen LogP contribution in [0.4, 0.5) is 35.2 Å². The van der Waals surface area contributed by atoms with Crippen LogP contribution >= 0.6 is 0 Å². The number of anilines is 3. The van der Waals surface area contributed by atoms with Crippen LogP contribution in [0.25, 0.3) is 10.8 Å². The van der Waals surface area contributed by atoms with Gasteiger partial charge in [0, 0.05) is 35.9 Å². The number of carbonyl (C=O) groups excluding carboxylic acids is 2. The fourth-order valence-corrected chi connectivity index (χ4v) is 4.49. The first-order valence-electron chi connectivity index (χ1n) is 13.6. The summed E-state index contributed by atoms with van der Waals surface area (Å²) in [5, 5.41) is 18.1. The minimum absolute atomic E-state index is 0.168. The zero-order chi connectivity index (χ0) is 31.9. The molecule has 2 amide bonds. The Balaban J connectivity index is 0.000000566. The van der Waals surface area contributed by atoms with Crippen molar-refractivity contribution in [3.8, 4) is 0 Å². The Labute approximate surface area is 250 Å². The number of amides is 2. The average molecular weight is 610 g/mol. The van der Waals surface area contributed by atoms with Crippen LogP contribution in [-0.2, 0) is 27.3 Å². The van der Waals surface area contributed by atoms with Crippen LogP contribution in [0.5, 0.6) is 0 Å². The molecule has 0 aliphatic carbocycles. The first kappa shape index (κ1) is 31.6. The number of alkyl halides is 3. The van der Waals surface area contributed by atoms with E-state index in [4.69, 9.17) is 20.4 Å². The first-order chi connectivity index (χ1) is 20.9. The Morgan fingerprint density at radius 3 is 2.48 bits per heavy atom. The lowest BCUT2D eigenvalue weighted by molar-refractivity contribution is -0.192. The number of aromatic nitrogens is 1. The van der Waals surface area contributed by atoms with E-state index in [1.165, 1.54) is 0 Å². The average Bonchev–Trinajstić information content (AvgIpc) is 2.98. The van der Waals surface area contributed by atoms with Gasteiger partial charge in [0.1, 0.15) is 18.0 Å². The van der Waals surface area contributed by atoms with E-state index in [2.05, 4.69) is 20.9 Å². The van der Waals surface area contributed by atoms with E-state index in [1.54, 1.807) is 12.3 Å². The predicted octanol–water partition coefficient (Wildman–Crippen LogP) is 5.80. The van der Waals surface area contributed by atoms with Gasteiger partial charge in [0.05, 0.1) is 0 Å². The highest BCUT2D eigenvalue weighted by Gasteiger charge is 2.38. The van der Waals surface area contributed by atoms with Gasteiger partial charge in [0.15, 0.2) is 0 Å². The highest BCUT2D eigenvalue weighted by Crippen LogP contribution is 2.27. The Morgan fingerprint density at radius 2 is 1.80 bits per heavy atom. The lowest BCUT2D eigenvalue weighted by atomic mass is 10.00. The number of hydrogen-bond donors (Lipinski definition) is 5. The van der Waals surface area contributed by atoms with Crippen LogP contribution in [-0.4, -0.2) is 40.3 Å². The molecule has 3 aromatic carbocycles. The van der Waals surface area contributed by atoms with Gasteiger partial charge in [-0.05, 0) is 64.9 Å². The third-order valence-electron chi connectivity index (χ3n) is 6.76. The molecule has 0 fully saturated rings. The van der Waals surface area contributed by atoms with Gasteiger partial charge in [-0.25, -0.2) is 14.6 Å². The summed E-state index contributed by atoms with van der Waals surface area (Å²) in [5.74, 6) is -2.46. The molecule has 1 aromatic heterocycles. The number of carbonyl (C=O) groups is 3. The van der Waals surface area contributed by atoms with Gasteiger partial charge in [-0.2, -0.15) is 13.2 Å². The van der Waals surface area contributed by atoms with E-state index in [1.807, 2.05) is 73.7 Å². The summed E-state index contributed by atoms with van der Waals surface area (Å²) in [4.78, 5) is 39.0. The van der Waals surface area contributed by atoms with E-state index in [-0.39, 0.29) is 12.0 Å². The monoisotopic (exact) mass is 609 g/mol. The minimum atomic E-state index is -5.08. The number of nitrogens with zero attached hydrogens (tertiary/aromatic N) is 1. The maximum absolute atomic E-state index is 13.5. The molecular formula is C31H30F3N5O5. The van der Waals surface area contributed by atoms with Crippen molar-refractivity contribution >= 4 is 45.9 Å². The molecule has 0 saturated carbocycles. The summed E-state index contributed by atoms with van der Waals surface area (Å²) in [7, 11) is 0. The Bertz CT molecular complexity index is 1650. The van der Waals surface area contributed by atoms with Crippen LogP contribution in [0.1, 0.15) is 36.1 Å². The summed E-state index contributed by atoms with van der Waals surface area (Å²) in [6, 6.07) is 22.2. The van der Waals surface area contributed by atoms with Crippen molar-refractivity contribution in [2.75, 3.05) is 16.4 Å². The van der Waals surface area contributed by atoms with Crippen molar-refractivity contribution in [1.29, 1.82) is 0 Å². The summed E-state index contributed by atoms with van der Waals surface area (Å²) in [5.41, 5.74) is 10.1. The Kier molecular flexibility index (Phi) is 9.88. The molecule has 44 heavy (non-hydrogen) atoms. The molecule has 3 heterocycles. The molecular weight excluding hydrogens is 579 g/mol. The van der Waals surface area contributed by atoms with Gasteiger partial charge in [-0.1, -0.05) is 43.3 Å². The van der Waals surface area contributed by atoms with E-state index >= 15 is 0 Å². The molecule has 0 saturated heterocycles. The number of fused-ring (bicyclic) bond motifs is 10. The van der Waals surface area contributed by atoms with Crippen molar-refractivity contribution in [3.63, 3.8) is 0 Å². The molecule has 6 N–H and O–H groups in total. The fourth-order valence-electron chi connectivity index (χ4n) is 4.49. The first-order valence-corrected chi connectivity index (χ1v) is 13.6. The van der Waals surface area contributed by atoms with Crippen molar-refractivity contribution in [1.82, 2.24) is 10.3 Å². The van der Waals surface area contributed by atoms with Gasteiger partial charge in [-0.15, -0.1) is 0 Å². The summed E-state index contributed by atoms with van der Waals surface area (Å²) < 4.78 is 37.4. The predicted molar refractivity (Wildman–Crippen MR) is 159 cm³/mol. The zero-order valence-electron chi connectivity index (χ0n) is 23.5. The second-order valence-corrected chi connectivity index (χ2v) is 9.94. The second-order valence-electron chi connectivity index (χ2n) is 9.94. The van der Waals surface area contributed by atoms with Crippen LogP contribution in [0.2, 0.25) is 0 Å². The van der Waals surface area contributed by atoms with Crippen LogP contribution in [0, 0.1) is 0 Å². The molecule has 4 aromatic rings. The lowest BCUT2D eigenvalue weighted by Gasteiger charge is -2.22. The number of nitrogens with two attached hydrogens (primary N) is 1. The number of aliphatic carboxylic acids is 1. The topological polar surface area (TPSA) is 156 Å². The number of pyridine rings is 1. The number of carboxylic acid groups (broad SMARTS) is 1. The maximum Gasteiger partial charge on any atom is 0.490 e. The molecule has 10 nitrogen and oxygen atoms in total. The fraction of sp³-hybridized carbons (Fsp3) is 0.226. The smallest absolute Gasteiger partial charge is 0.475 e. The number of hydrogen-bond acceptors (Lipinski definition) is 7. The normalized spacial score (nSPS) is 17.0. The summed E-state index contributed by atoms with van der Waals surface area (Å²) in [6.45, 7) is 2.29. The molecule has 2 aliphatic rings. The van der Waals surface area contributed by atoms with Crippen molar-refractivity contribution < 1.29 is 37.4 Å². The molecule has 0 radical (unpaired) electrons. The lowest BCUT2D eigenvalue weighted by Crippen LogP contribution is -2.33. The minimum Gasteiger partial charge on any atom is -0.475 e. The third kappa shape index (κ3) is 8.37. The molecule has 4 bridgehead atoms. The molecule has 0 spiro atoms. The summed E-state index contributed by atoms with van der Waals surface area (Å²) in [6.07, 6.45) is -2.91. The molecule has 230 valence electrons. The number of rotatable bonds is 3. The second kappa shape index (κ2) is 13.8. The standard InChI is InChI=1S/C29H29N5O3.C2HF3O2/c1-2-24-15-18-6-8-20(9-7-18)26(33-23-10-11-25-21(16-23)12-13-31-27(25)30)28(35)32-17-19-4-3-5-22(14-19)34-29(36)37-24;3-2(4,5)1(6)7/h3-14,16,24,26,33H,2,15,17H2,1H3,(H2,30,31)(H,32,35)(H,34,36);(H,6,7). The number of benzene rings is 3. The van der Waals surface area contributed by atoms with Gasteiger partial charge >= 0.3 is 18.2 Å². The molecule has 2 aliphatic heterocycles. The van der Waals surface area contributed by atoms with E-state index in [9.17, 15) is 22.8 Å². The molecule has 13 heteroatoms. The number of halogens is 3. The number of nitrogens with one attached hydrogen (secondary N) is 3. The van der Waals surface area contributed by atoms with Crippen LogP contribution in [0.3, 0.4) is 0 Å². The molecule has 6 rings (SSSR count). The SMILES string of the molecule is CCC1Cc2ccc(cc2)C(Nc2ccc3c(N)nccc3c2)C(=O)NCc2cccc(c2)NC(=O)O1.O=C(O)C(F)(F)F. The van der Waals surface area contributed by atoms with Crippen molar-refractivity contribution in [2.24, 2.45) is 0 Å². The van der Waals surface area contributed by atoms with Gasteiger partial charge in [0.2, 0.25) is 5.91 Å². The van der Waals surface area contributed by atoms with Gasteiger partial charge in [0.25, 0.3) is 0 Å². The molecule has 2 atom stereocenters. The van der Waals surface area contributed by atoms with E-state index < -0.39 is 24.3 Å². The summed E-state index contributed by atoms with van der Waals surface area (Å²) >= 11 is 0. The maximum atomic E-state index is 13.5. The highest BCUT2D eigenvalue weighted by atomic mass is 19.4. The van der Waals surface area contributed by atoms with Crippen molar-refractivity contribution in [2.45, 2.75) is 44.6 Å². The number of nitrogen functional groups attached to an aromatic ring is 1. The van der Waals surface area contributed by atoms with E-state index in [0.717, 1.165) is 33.2 Å². The number of ether oxygens (including phenoxy) is 1. The third-order valence-corrected chi connectivity index (χ3v) is 6.76. The number of carboxylic acids is 1. The van der Waals surface area contributed by atoms with Gasteiger partial charge in [-0.3, -0.25) is 10.1 Å². The highest BCUT2D eigenvalue weighted by molar-refractivity contribution is 5.94. The molecule has 2 unspecified atom stereocenters. The van der Waals surface area contributed by atoms with Crippen LogP contribution in [0.15, 0.2) is 79.0 Å². The largest absolute Gasteiger partial charge is 0.490 e. The van der Waals surface area contributed by atoms with Gasteiger partial charge < -0.3 is 26.2 Å². The zero-order valence-corrected chi connectivity index (χ0v) is 23.5.